The van der Waals surface area contributed by atoms with Crippen molar-refractivity contribution in [3.05, 3.63) is 28.6 Å². The summed E-state index contributed by atoms with van der Waals surface area (Å²) in [5.41, 5.74) is 0. The lowest BCUT2D eigenvalue weighted by Crippen LogP contribution is -2.11. The average Bonchev–Trinajstić information content (AvgIpc) is 2.45. The first kappa shape index (κ1) is 9.55. The third-order valence-corrected chi connectivity index (χ3v) is 1.81. The van der Waals surface area contributed by atoms with Gasteiger partial charge in [0.05, 0.1) is 0 Å². The fourth-order valence-corrected chi connectivity index (χ4v) is 1.14. The number of furan rings is 1. The second-order valence-electron chi connectivity index (χ2n) is 2.35. The lowest BCUT2D eigenvalue weighted by molar-refractivity contribution is 0.531. The zero-order chi connectivity index (χ0) is 8.81. The van der Waals surface area contributed by atoms with Crippen LogP contribution in [0.3, 0.4) is 0 Å². The molecule has 0 aliphatic rings. The van der Waals surface area contributed by atoms with Gasteiger partial charge in [-0.05, 0) is 40.7 Å². The van der Waals surface area contributed by atoms with Crippen LogP contribution in [0.25, 0.3) is 6.08 Å². The highest BCUT2D eigenvalue weighted by atomic mass is 79.9. The van der Waals surface area contributed by atoms with Crippen LogP contribution in [0.15, 0.2) is 27.3 Å². The topological polar surface area (TPSA) is 25.2 Å². The van der Waals surface area contributed by atoms with Crippen molar-refractivity contribution in [2.75, 3.05) is 13.1 Å². The van der Waals surface area contributed by atoms with Gasteiger partial charge in [-0.2, -0.15) is 0 Å². The molecule has 1 rings (SSSR count). The molecular weight excluding hydrogens is 218 g/mol. The Hall–Kier alpha value is -0.540. The molecule has 0 unspecified atom stereocenters. The first-order valence-corrected chi connectivity index (χ1v) is 4.75. The van der Waals surface area contributed by atoms with Gasteiger partial charge in [-0.3, -0.25) is 0 Å². The Labute approximate surface area is 80.8 Å². The van der Waals surface area contributed by atoms with Crippen LogP contribution in [0.4, 0.5) is 0 Å². The molecule has 0 aliphatic carbocycles. The molecule has 0 atom stereocenters. The number of hydrogen-bond donors (Lipinski definition) is 1. The van der Waals surface area contributed by atoms with Crippen LogP contribution < -0.4 is 5.32 Å². The van der Waals surface area contributed by atoms with Crippen LogP contribution in [0.2, 0.25) is 0 Å². The van der Waals surface area contributed by atoms with E-state index >= 15 is 0 Å². The van der Waals surface area contributed by atoms with E-state index in [1.54, 1.807) is 0 Å². The zero-order valence-corrected chi connectivity index (χ0v) is 8.60. The number of rotatable bonds is 4. The van der Waals surface area contributed by atoms with Crippen LogP contribution in [-0.4, -0.2) is 13.1 Å². The molecule has 1 N–H and O–H groups in total. The lowest BCUT2D eigenvalue weighted by atomic mass is 10.4. The Morgan fingerprint density at radius 1 is 1.58 bits per heavy atom. The molecule has 0 spiro atoms. The Kier molecular flexibility index (Phi) is 4.11. The van der Waals surface area contributed by atoms with Crippen molar-refractivity contribution in [3.8, 4) is 0 Å². The molecule has 0 fully saturated rings. The van der Waals surface area contributed by atoms with E-state index in [0.717, 1.165) is 23.5 Å². The molecule has 1 heterocycles. The largest absolute Gasteiger partial charge is 0.450 e. The minimum Gasteiger partial charge on any atom is -0.450 e. The summed E-state index contributed by atoms with van der Waals surface area (Å²) < 4.78 is 6.03. The third kappa shape index (κ3) is 3.24. The summed E-state index contributed by atoms with van der Waals surface area (Å²) in [6.45, 7) is 3.96. The highest BCUT2D eigenvalue weighted by molar-refractivity contribution is 9.10. The molecule has 0 aromatic carbocycles. The second kappa shape index (κ2) is 5.17. The molecule has 0 amide bonds. The zero-order valence-electron chi connectivity index (χ0n) is 7.01. The fourth-order valence-electron chi connectivity index (χ4n) is 0.821. The molecule has 0 aliphatic heterocycles. The number of nitrogens with one attached hydrogen (secondary N) is 1. The summed E-state index contributed by atoms with van der Waals surface area (Å²) >= 11 is 3.24. The van der Waals surface area contributed by atoms with Crippen molar-refractivity contribution in [3.63, 3.8) is 0 Å². The molecular formula is C9H12BrNO. The van der Waals surface area contributed by atoms with E-state index < -0.39 is 0 Å². The molecule has 66 valence electrons. The highest BCUT2D eigenvalue weighted by Crippen LogP contribution is 2.14. The Morgan fingerprint density at radius 2 is 2.42 bits per heavy atom. The standard InChI is InChI=1S/C9H12BrNO/c1-2-11-7-3-4-8-5-6-9(10)12-8/h3-6,11H,2,7H2,1H3. The predicted molar refractivity (Wildman–Crippen MR) is 54.0 cm³/mol. The predicted octanol–water partition coefficient (Wildman–Crippen LogP) is 2.66. The monoisotopic (exact) mass is 229 g/mol. The van der Waals surface area contributed by atoms with Gasteiger partial charge in [-0.25, -0.2) is 0 Å². The number of hydrogen-bond acceptors (Lipinski definition) is 2. The van der Waals surface area contributed by atoms with Crippen molar-refractivity contribution in [1.29, 1.82) is 0 Å². The molecule has 1 aromatic heterocycles. The maximum Gasteiger partial charge on any atom is 0.169 e. The van der Waals surface area contributed by atoms with Gasteiger partial charge >= 0.3 is 0 Å². The summed E-state index contributed by atoms with van der Waals surface area (Å²) in [7, 11) is 0. The minimum atomic E-state index is 0.769. The Morgan fingerprint density at radius 3 is 3.00 bits per heavy atom. The lowest BCUT2D eigenvalue weighted by Gasteiger charge is -1.91. The van der Waals surface area contributed by atoms with E-state index in [2.05, 4.69) is 28.2 Å². The van der Waals surface area contributed by atoms with E-state index in [1.165, 1.54) is 0 Å². The van der Waals surface area contributed by atoms with Crippen molar-refractivity contribution < 1.29 is 4.42 Å². The average molecular weight is 230 g/mol. The van der Waals surface area contributed by atoms with E-state index in [4.69, 9.17) is 4.42 Å². The van der Waals surface area contributed by atoms with Gasteiger partial charge < -0.3 is 9.73 Å². The van der Waals surface area contributed by atoms with Crippen molar-refractivity contribution in [1.82, 2.24) is 5.32 Å². The third-order valence-electron chi connectivity index (χ3n) is 1.39. The van der Waals surface area contributed by atoms with Crippen LogP contribution in [0.1, 0.15) is 12.7 Å². The van der Waals surface area contributed by atoms with Crippen molar-refractivity contribution in [2.24, 2.45) is 0 Å². The molecule has 3 heteroatoms. The van der Waals surface area contributed by atoms with Gasteiger partial charge in [0.2, 0.25) is 0 Å². The Bertz CT molecular complexity index is 255. The molecule has 12 heavy (non-hydrogen) atoms. The fraction of sp³-hybridized carbons (Fsp3) is 0.333. The maximum atomic E-state index is 5.27. The van der Waals surface area contributed by atoms with Gasteiger partial charge in [0, 0.05) is 6.54 Å². The van der Waals surface area contributed by atoms with E-state index in [-0.39, 0.29) is 0 Å². The molecule has 1 aromatic rings. The summed E-state index contributed by atoms with van der Waals surface area (Å²) in [4.78, 5) is 0. The minimum absolute atomic E-state index is 0.769. The Balaban J connectivity index is 2.36. The summed E-state index contributed by atoms with van der Waals surface area (Å²) in [5.74, 6) is 0.875. The van der Waals surface area contributed by atoms with Crippen LogP contribution in [-0.2, 0) is 0 Å². The van der Waals surface area contributed by atoms with Crippen molar-refractivity contribution >= 4 is 22.0 Å². The first-order chi connectivity index (χ1) is 5.83. The van der Waals surface area contributed by atoms with Gasteiger partial charge in [-0.15, -0.1) is 0 Å². The van der Waals surface area contributed by atoms with Gasteiger partial charge in [0.25, 0.3) is 0 Å². The molecule has 0 saturated carbocycles. The molecule has 2 nitrogen and oxygen atoms in total. The van der Waals surface area contributed by atoms with E-state index in [9.17, 15) is 0 Å². The van der Waals surface area contributed by atoms with Crippen LogP contribution >= 0.6 is 15.9 Å². The summed E-state index contributed by atoms with van der Waals surface area (Å²) in [6, 6.07) is 3.81. The summed E-state index contributed by atoms with van der Waals surface area (Å²) in [5, 5.41) is 3.19. The number of likely N-dealkylation sites (N-methyl/N-ethyl adjacent to an activating group) is 1. The highest BCUT2D eigenvalue weighted by Gasteiger charge is 1.92. The van der Waals surface area contributed by atoms with E-state index in [1.807, 2.05) is 24.3 Å². The smallest absolute Gasteiger partial charge is 0.169 e. The molecule has 0 bridgehead atoms. The molecule has 0 saturated heterocycles. The number of halogens is 1. The quantitative estimate of drug-likeness (QED) is 0.804. The van der Waals surface area contributed by atoms with Crippen LogP contribution in [0.5, 0.6) is 0 Å². The summed E-state index contributed by atoms with van der Waals surface area (Å²) in [6.07, 6.45) is 3.99. The first-order valence-electron chi connectivity index (χ1n) is 3.95. The molecule has 0 radical (unpaired) electrons. The van der Waals surface area contributed by atoms with E-state index in [0.29, 0.717) is 0 Å². The maximum absolute atomic E-state index is 5.27. The van der Waals surface area contributed by atoms with Crippen molar-refractivity contribution in [2.45, 2.75) is 6.92 Å². The van der Waals surface area contributed by atoms with Gasteiger partial charge in [-0.1, -0.05) is 13.0 Å². The van der Waals surface area contributed by atoms with Gasteiger partial charge in [0.1, 0.15) is 5.76 Å². The SMILES string of the molecule is CCNCC=Cc1ccc(Br)o1. The van der Waals surface area contributed by atoms with Crippen LogP contribution in [0, 0.1) is 0 Å². The second-order valence-corrected chi connectivity index (χ2v) is 3.13. The van der Waals surface area contributed by atoms with Gasteiger partial charge in [0.15, 0.2) is 4.67 Å². The normalized spacial score (nSPS) is 11.2.